The molecule has 0 fully saturated rings. The van der Waals surface area contributed by atoms with E-state index >= 15 is 0 Å². The van der Waals surface area contributed by atoms with Crippen LogP contribution in [0, 0.1) is 5.41 Å². The summed E-state index contributed by atoms with van der Waals surface area (Å²) in [5, 5.41) is 8.33. The Morgan fingerprint density at radius 2 is 1.58 bits per heavy atom. The van der Waals surface area contributed by atoms with Crippen molar-refractivity contribution in [2.24, 2.45) is 5.41 Å². The van der Waals surface area contributed by atoms with E-state index in [0.717, 1.165) is 79.5 Å². The van der Waals surface area contributed by atoms with Gasteiger partial charge in [0.15, 0.2) is 5.78 Å². The summed E-state index contributed by atoms with van der Waals surface area (Å²) in [6.07, 6.45) is 11.1. The van der Waals surface area contributed by atoms with E-state index in [0.29, 0.717) is 41.3 Å². The molecule has 3 aromatic carbocycles. The molecule has 6 rings (SSSR count). The lowest BCUT2D eigenvalue weighted by Crippen LogP contribution is -2.41. The largest absolute Gasteiger partial charge is 0.461 e. The molecule has 328 valence electrons. The molecule has 0 unspecified atom stereocenters. The summed E-state index contributed by atoms with van der Waals surface area (Å²) >= 11 is 1.53. The highest BCUT2D eigenvalue weighted by molar-refractivity contribution is 7.17. The van der Waals surface area contributed by atoms with Gasteiger partial charge in [-0.15, -0.1) is 11.3 Å². The number of carbonyl (C=O) groups excluding carboxylic acids is 4. The maximum atomic E-state index is 14.3. The van der Waals surface area contributed by atoms with Crippen molar-refractivity contribution in [3.05, 3.63) is 141 Å². The minimum Gasteiger partial charge on any atom is -0.461 e. The SMILES string of the molecule is CCC(CC)N(CCN(C)C(=O)CCC(=O)OCc1ccccc1)Cc1cccc(C(=O)Nc2sc3c(c2C(=O)c2cnn(CCCCc4ccccc4)c2)CCC(C)(C)C3)c1. The average Bonchev–Trinajstić information content (AvgIpc) is 3.90. The highest BCUT2D eigenvalue weighted by Crippen LogP contribution is 2.44. The number of unbranched alkanes of at least 4 members (excludes halogenated alkanes) is 1. The molecule has 0 bridgehead atoms. The fourth-order valence-electron chi connectivity index (χ4n) is 8.26. The number of ketones is 1. The van der Waals surface area contributed by atoms with Crippen molar-refractivity contribution in [1.29, 1.82) is 0 Å². The number of carbonyl (C=O) groups is 4. The number of hydrogen-bond donors (Lipinski definition) is 1. The van der Waals surface area contributed by atoms with Crippen LogP contribution in [0.5, 0.6) is 0 Å². The summed E-state index contributed by atoms with van der Waals surface area (Å²) in [7, 11) is 1.77. The highest BCUT2D eigenvalue weighted by atomic mass is 32.1. The average molecular weight is 858 g/mol. The highest BCUT2D eigenvalue weighted by Gasteiger charge is 2.34. The first kappa shape index (κ1) is 46.1. The second-order valence-corrected chi connectivity index (χ2v) is 18.5. The van der Waals surface area contributed by atoms with Gasteiger partial charge in [0.05, 0.1) is 23.7 Å². The molecule has 2 heterocycles. The molecule has 1 N–H and O–H groups in total. The van der Waals surface area contributed by atoms with E-state index in [1.165, 1.54) is 16.9 Å². The van der Waals surface area contributed by atoms with Gasteiger partial charge in [0.1, 0.15) is 11.6 Å². The van der Waals surface area contributed by atoms with Crippen LogP contribution in [0.15, 0.2) is 97.3 Å². The van der Waals surface area contributed by atoms with Gasteiger partial charge in [-0.3, -0.25) is 28.8 Å². The van der Waals surface area contributed by atoms with E-state index in [2.05, 4.69) is 67.3 Å². The van der Waals surface area contributed by atoms with Crippen molar-refractivity contribution in [3.8, 4) is 0 Å². The summed E-state index contributed by atoms with van der Waals surface area (Å²) in [5.74, 6) is -0.856. The summed E-state index contributed by atoms with van der Waals surface area (Å²) in [5.41, 5.74) is 6.02. The van der Waals surface area contributed by atoms with Crippen molar-refractivity contribution < 1.29 is 23.9 Å². The Hall–Kier alpha value is -5.39. The van der Waals surface area contributed by atoms with Crippen molar-refractivity contribution in [1.82, 2.24) is 19.6 Å². The fraction of sp³-hybridized carbons (Fsp3) is 0.431. The lowest BCUT2D eigenvalue weighted by Gasteiger charge is -2.32. The Labute approximate surface area is 371 Å². The number of fused-ring (bicyclic) bond motifs is 1. The lowest BCUT2D eigenvalue weighted by atomic mass is 9.76. The van der Waals surface area contributed by atoms with Gasteiger partial charge in [0.2, 0.25) is 5.91 Å². The summed E-state index contributed by atoms with van der Waals surface area (Å²) in [6.45, 7) is 11.5. The third kappa shape index (κ3) is 12.8. The van der Waals surface area contributed by atoms with Crippen molar-refractivity contribution in [2.45, 2.75) is 118 Å². The molecule has 0 saturated heterocycles. The third-order valence-corrected chi connectivity index (χ3v) is 13.2. The number of aryl methyl sites for hydroxylation is 2. The number of nitrogens with zero attached hydrogens (tertiary/aromatic N) is 4. The van der Waals surface area contributed by atoms with E-state index in [-0.39, 0.29) is 48.5 Å². The topological polar surface area (TPSA) is 114 Å². The van der Waals surface area contributed by atoms with Crippen molar-refractivity contribution in [3.63, 3.8) is 0 Å². The second kappa shape index (κ2) is 22.1. The van der Waals surface area contributed by atoms with E-state index < -0.39 is 5.97 Å². The van der Waals surface area contributed by atoms with E-state index in [1.807, 2.05) is 71.5 Å². The summed E-state index contributed by atoms with van der Waals surface area (Å²) in [6, 6.07) is 27.9. The number of amides is 2. The van der Waals surface area contributed by atoms with E-state index in [9.17, 15) is 19.2 Å². The molecule has 0 radical (unpaired) electrons. The zero-order valence-electron chi connectivity index (χ0n) is 37.2. The summed E-state index contributed by atoms with van der Waals surface area (Å²) < 4.78 is 7.22. The Morgan fingerprint density at radius 3 is 2.31 bits per heavy atom. The fourth-order valence-corrected chi connectivity index (χ4v) is 9.76. The number of likely N-dealkylation sites (N-methyl/N-ethyl adjacent to an activating group) is 1. The van der Waals surface area contributed by atoms with Gasteiger partial charge in [0, 0.05) is 62.3 Å². The van der Waals surface area contributed by atoms with E-state index in [4.69, 9.17) is 4.74 Å². The Bertz CT molecular complexity index is 2260. The Morgan fingerprint density at radius 1 is 0.871 bits per heavy atom. The van der Waals surface area contributed by atoms with Crippen LogP contribution in [0.25, 0.3) is 0 Å². The molecular formula is C51H63N5O5S. The van der Waals surface area contributed by atoms with Crippen LogP contribution < -0.4 is 5.32 Å². The van der Waals surface area contributed by atoms with Gasteiger partial charge in [-0.05, 0) is 91.2 Å². The number of rotatable bonds is 22. The standard InChI is InChI=1S/C51H63N5O5S/c1-6-42(7-2)55(30-29-54(5)45(57)24-25-46(58)61-36-38-20-12-9-13-21-38)34-39-22-16-23-40(31-39)49(60)53-50-47(43-26-27-51(3,4)32-44(43)62-50)48(59)41-33-52-56(35-41)28-15-14-19-37-17-10-8-11-18-37/h8-13,16-18,20-23,31,33,35,42H,6-7,14-15,19,24-30,32,34,36H2,1-5H3,(H,53,60). The number of anilines is 1. The molecule has 1 aliphatic carbocycles. The number of ether oxygens (including phenoxy) is 1. The van der Waals surface area contributed by atoms with Gasteiger partial charge in [0.25, 0.3) is 5.91 Å². The quantitative estimate of drug-likeness (QED) is 0.0419. The van der Waals surface area contributed by atoms with Crippen LogP contribution in [0.3, 0.4) is 0 Å². The molecule has 11 heteroatoms. The normalized spacial score (nSPS) is 13.2. The molecule has 62 heavy (non-hydrogen) atoms. The predicted molar refractivity (Wildman–Crippen MR) is 247 cm³/mol. The number of nitrogens with one attached hydrogen (secondary N) is 1. The molecule has 10 nitrogen and oxygen atoms in total. The van der Waals surface area contributed by atoms with Crippen LogP contribution in [0.4, 0.5) is 5.00 Å². The second-order valence-electron chi connectivity index (χ2n) is 17.4. The van der Waals surface area contributed by atoms with Crippen molar-refractivity contribution in [2.75, 3.05) is 25.5 Å². The molecule has 0 aliphatic heterocycles. The van der Waals surface area contributed by atoms with Gasteiger partial charge in [-0.25, -0.2) is 0 Å². The van der Waals surface area contributed by atoms with Gasteiger partial charge in [-0.2, -0.15) is 5.10 Å². The Balaban J connectivity index is 1.09. The van der Waals surface area contributed by atoms with Crippen LogP contribution in [0.2, 0.25) is 0 Å². The predicted octanol–water partition coefficient (Wildman–Crippen LogP) is 9.94. The first-order valence-corrected chi connectivity index (χ1v) is 23.1. The minimum absolute atomic E-state index is 0.0312. The first-order chi connectivity index (χ1) is 29.9. The first-order valence-electron chi connectivity index (χ1n) is 22.3. The molecule has 0 saturated carbocycles. The third-order valence-electron chi connectivity index (χ3n) is 12.0. The minimum atomic E-state index is -0.392. The number of thiophene rings is 1. The van der Waals surface area contributed by atoms with Crippen LogP contribution >= 0.6 is 11.3 Å². The zero-order chi connectivity index (χ0) is 44.1. The molecule has 2 amide bonds. The van der Waals surface area contributed by atoms with Gasteiger partial charge in [-0.1, -0.05) is 100 Å². The van der Waals surface area contributed by atoms with Crippen LogP contribution in [-0.2, 0) is 53.3 Å². The smallest absolute Gasteiger partial charge is 0.306 e. The number of aromatic nitrogens is 2. The van der Waals surface area contributed by atoms with Crippen molar-refractivity contribution >= 4 is 39.9 Å². The van der Waals surface area contributed by atoms with E-state index in [1.54, 1.807) is 18.1 Å². The molecule has 0 atom stereocenters. The van der Waals surface area contributed by atoms with Gasteiger partial charge >= 0.3 is 5.97 Å². The lowest BCUT2D eigenvalue weighted by molar-refractivity contribution is -0.147. The molecule has 0 spiro atoms. The number of benzene rings is 3. The molecule has 2 aromatic heterocycles. The van der Waals surface area contributed by atoms with Crippen LogP contribution in [-0.4, -0.2) is 69.3 Å². The number of esters is 1. The maximum absolute atomic E-state index is 14.3. The summed E-state index contributed by atoms with van der Waals surface area (Å²) in [4.78, 5) is 59.0. The Kier molecular flexibility index (Phi) is 16.4. The molecule has 5 aromatic rings. The van der Waals surface area contributed by atoms with Gasteiger partial charge < -0.3 is 15.0 Å². The zero-order valence-corrected chi connectivity index (χ0v) is 38.0. The monoisotopic (exact) mass is 857 g/mol. The maximum Gasteiger partial charge on any atom is 0.306 e. The number of hydrogen-bond acceptors (Lipinski definition) is 8. The van der Waals surface area contributed by atoms with Crippen LogP contribution in [0.1, 0.15) is 126 Å². The molecular weight excluding hydrogens is 795 g/mol. The molecule has 1 aliphatic rings.